The van der Waals surface area contributed by atoms with Crippen molar-refractivity contribution in [2.75, 3.05) is 42.5 Å². The normalized spacial score (nSPS) is 16.9. The lowest BCUT2D eigenvalue weighted by molar-refractivity contribution is -0.131. The molecule has 2 aromatic carbocycles. The molecule has 2 aliphatic rings. The van der Waals surface area contributed by atoms with Crippen LogP contribution in [-0.4, -0.2) is 59.4 Å². The Labute approximate surface area is 202 Å². The highest BCUT2D eigenvalue weighted by Crippen LogP contribution is 2.35. The zero-order valence-corrected chi connectivity index (χ0v) is 19.1. The average molecular weight is 476 g/mol. The van der Waals surface area contributed by atoms with Gasteiger partial charge in [0.25, 0.3) is 5.91 Å². The third-order valence-electron chi connectivity index (χ3n) is 5.74. The van der Waals surface area contributed by atoms with E-state index in [2.05, 4.69) is 9.97 Å². The molecule has 172 valence electrons. The summed E-state index contributed by atoms with van der Waals surface area (Å²) >= 11 is 6.09. The van der Waals surface area contributed by atoms with Gasteiger partial charge in [0.2, 0.25) is 11.9 Å². The van der Waals surface area contributed by atoms with Gasteiger partial charge in [-0.25, -0.2) is 9.97 Å². The first kappa shape index (κ1) is 21.9. The smallest absolute Gasteiger partial charge is 0.294 e. The lowest BCUT2D eigenvalue weighted by atomic mass is 10.1. The summed E-state index contributed by atoms with van der Waals surface area (Å²) in [6.45, 7) is 2.24. The Morgan fingerprint density at radius 3 is 2.53 bits per heavy atom. The molecule has 1 aromatic heterocycles. The van der Waals surface area contributed by atoms with Gasteiger partial charge in [0.1, 0.15) is 6.54 Å². The first-order chi connectivity index (χ1) is 16.6. The molecule has 5 rings (SSSR count). The fourth-order valence-corrected chi connectivity index (χ4v) is 4.21. The zero-order chi connectivity index (χ0) is 23.5. The lowest BCUT2D eigenvalue weighted by Gasteiger charge is -2.36. The van der Waals surface area contributed by atoms with Crippen LogP contribution in [0.25, 0.3) is 6.08 Å². The van der Waals surface area contributed by atoms with E-state index in [-0.39, 0.29) is 24.1 Å². The molecule has 8 nitrogen and oxygen atoms in total. The second-order valence-electron chi connectivity index (χ2n) is 7.94. The van der Waals surface area contributed by atoms with Gasteiger partial charge in [-0.1, -0.05) is 35.9 Å². The highest BCUT2D eigenvalue weighted by atomic mass is 35.5. The van der Waals surface area contributed by atoms with E-state index >= 15 is 0 Å². The molecule has 0 aliphatic carbocycles. The molecule has 9 heteroatoms. The number of anilines is 2. The zero-order valence-electron chi connectivity index (χ0n) is 18.3. The number of benzene rings is 2. The Hall–Kier alpha value is -3.91. The number of para-hydroxylation sites is 2. The van der Waals surface area contributed by atoms with Gasteiger partial charge >= 0.3 is 0 Å². The van der Waals surface area contributed by atoms with Crippen LogP contribution in [0.2, 0.25) is 5.02 Å². The third kappa shape index (κ3) is 4.58. The largest absolute Gasteiger partial charge is 0.449 e. The fraction of sp³-hybridized carbons (Fsp3) is 0.200. The van der Waals surface area contributed by atoms with Crippen molar-refractivity contribution < 1.29 is 14.3 Å². The summed E-state index contributed by atoms with van der Waals surface area (Å²) in [7, 11) is 0. The van der Waals surface area contributed by atoms with Gasteiger partial charge in [-0.2, -0.15) is 0 Å². The first-order valence-electron chi connectivity index (χ1n) is 10.9. The molecule has 0 radical (unpaired) electrons. The van der Waals surface area contributed by atoms with Crippen LogP contribution in [0.15, 0.2) is 72.8 Å². The minimum atomic E-state index is -0.372. The topological polar surface area (TPSA) is 78.9 Å². The number of ether oxygens (including phenoxy) is 1. The first-order valence-corrected chi connectivity index (χ1v) is 11.3. The minimum absolute atomic E-state index is 0.0755. The van der Waals surface area contributed by atoms with Crippen molar-refractivity contribution in [3.63, 3.8) is 0 Å². The number of amides is 2. The summed E-state index contributed by atoms with van der Waals surface area (Å²) in [5.41, 5.74) is 1.31. The summed E-state index contributed by atoms with van der Waals surface area (Å²) in [5, 5.41) is 0.560. The maximum absolute atomic E-state index is 13.3. The average Bonchev–Trinajstić information content (AvgIpc) is 2.87. The van der Waals surface area contributed by atoms with Crippen LogP contribution in [0.5, 0.6) is 5.75 Å². The van der Waals surface area contributed by atoms with Crippen molar-refractivity contribution >= 4 is 41.1 Å². The maximum atomic E-state index is 13.3. The third-order valence-corrected chi connectivity index (χ3v) is 5.97. The molecule has 0 spiro atoms. The number of nitrogens with zero attached hydrogens (tertiary/aromatic N) is 5. The highest BCUT2D eigenvalue weighted by Gasteiger charge is 2.33. The summed E-state index contributed by atoms with van der Waals surface area (Å²) in [5.74, 6) is 0.820. The summed E-state index contributed by atoms with van der Waals surface area (Å²) in [4.78, 5) is 40.4. The molecule has 1 fully saturated rings. The summed E-state index contributed by atoms with van der Waals surface area (Å²) in [6, 6.07) is 16.1. The van der Waals surface area contributed by atoms with E-state index in [0.29, 0.717) is 48.6 Å². The molecule has 0 saturated carbocycles. The number of piperazine rings is 1. The number of carbonyl (C=O) groups is 2. The maximum Gasteiger partial charge on any atom is 0.294 e. The van der Waals surface area contributed by atoms with Crippen molar-refractivity contribution in [1.82, 2.24) is 14.9 Å². The number of fused-ring (bicyclic) bond motifs is 1. The summed E-state index contributed by atoms with van der Waals surface area (Å²) < 4.78 is 5.89. The number of hydrogen-bond acceptors (Lipinski definition) is 6. The Morgan fingerprint density at radius 2 is 1.76 bits per heavy atom. The van der Waals surface area contributed by atoms with Crippen LogP contribution in [0.1, 0.15) is 5.56 Å². The molecular weight excluding hydrogens is 454 g/mol. The van der Waals surface area contributed by atoms with Crippen molar-refractivity contribution in [2.24, 2.45) is 0 Å². The number of halogens is 1. The Kier molecular flexibility index (Phi) is 6.14. The van der Waals surface area contributed by atoms with Crippen LogP contribution < -0.4 is 14.5 Å². The molecule has 0 N–H and O–H groups in total. The van der Waals surface area contributed by atoms with Gasteiger partial charge in [0.15, 0.2) is 11.5 Å². The molecule has 0 unspecified atom stereocenters. The van der Waals surface area contributed by atoms with E-state index in [4.69, 9.17) is 16.3 Å². The van der Waals surface area contributed by atoms with Gasteiger partial charge < -0.3 is 14.5 Å². The summed E-state index contributed by atoms with van der Waals surface area (Å²) in [6.07, 6.45) is 5.05. The van der Waals surface area contributed by atoms with E-state index in [1.54, 1.807) is 59.8 Å². The van der Waals surface area contributed by atoms with Crippen molar-refractivity contribution in [1.29, 1.82) is 0 Å². The number of rotatable bonds is 4. The van der Waals surface area contributed by atoms with Crippen LogP contribution in [0, 0.1) is 0 Å². The van der Waals surface area contributed by atoms with Crippen LogP contribution in [-0.2, 0) is 9.59 Å². The van der Waals surface area contributed by atoms with E-state index in [1.165, 1.54) is 4.90 Å². The van der Waals surface area contributed by atoms with Crippen LogP contribution >= 0.6 is 11.6 Å². The Morgan fingerprint density at radius 1 is 1.00 bits per heavy atom. The van der Waals surface area contributed by atoms with Gasteiger partial charge in [0.05, 0.1) is 5.69 Å². The SMILES string of the molecule is O=C(CN1C(=O)C(=Cc2cccc(Cl)c2)Oc2ccccc21)N1CCN(c2ncccn2)CC1. The second kappa shape index (κ2) is 9.52. The van der Waals surface area contributed by atoms with Crippen molar-refractivity contribution in [3.8, 4) is 5.75 Å². The molecule has 34 heavy (non-hydrogen) atoms. The molecule has 3 aromatic rings. The van der Waals surface area contributed by atoms with Gasteiger partial charge in [-0.3, -0.25) is 14.5 Å². The van der Waals surface area contributed by atoms with Crippen molar-refractivity contribution in [3.05, 3.63) is 83.3 Å². The molecular formula is C25H22ClN5O3. The highest BCUT2D eigenvalue weighted by molar-refractivity contribution is 6.30. The van der Waals surface area contributed by atoms with E-state index in [1.807, 2.05) is 23.1 Å². The molecule has 2 aliphatic heterocycles. The number of hydrogen-bond donors (Lipinski definition) is 0. The monoisotopic (exact) mass is 475 g/mol. The Bertz CT molecular complexity index is 1240. The molecule has 3 heterocycles. The van der Waals surface area contributed by atoms with Gasteiger partial charge in [0, 0.05) is 43.6 Å². The number of carbonyl (C=O) groups excluding carboxylic acids is 2. The quantitative estimate of drug-likeness (QED) is 0.539. The van der Waals surface area contributed by atoms with Gasteiger partial charge in [-0.05, 0) is 42.0 Å². The van der Waals surface area contributed by atoms with E-state index < -0.39 is 0 Å². The molecule has 1 saturated heterocycles. The number of aromatic nitrogens is 2. The van der Waals surface area contributed by atoms with Gasteiger partial charge in [-0.15, -0.1) is 0 Å². The Balaban J connectivity index is 1.33. The lowest BCUT2D eigenvalue weighted by Crippen LogP contribution is -2.53. The minimum Gasteiger partial charge on any atom is -0.449 e. The van der Waals surface area contributed by atoms with Crippen LogP contribution in [0.3, 0.4) is 0 Å². The standard InChI is InChI=1S/C25H22ClN5O3/c26-19-6-3-5-18(15-19)16-22-24(33)31(20-7-1-2-8-21(20)34-22)17-23(32)29-11-13-30(14-12-29)25-27-9-4-10-28-25/h1-10,15-16H,11-14,17H2. The molecule has 0 bridgehead atoms. The van der Waals surface area contributed by atoms with E-state index in [9.17, 15) is 9.59 Å². The molecule has 2 amide bonds. The second-order valence-corrected chi connectivity index (χ2v) is 8.38. The molecule has 0 atom stereocenters. The van der Waals surface area contributed by atoms with Crippen molar-refractivity contribution in [2.45, 2.75) is 0 Å². The predicted octanol–water partition coefficient (Wildman–Crippen LogP) is 3.25. The fourth-order valence-electron chi connectivity index (χ4n) is 4.01. The van der Waals surface area contributed by atoms with Crippen LogP contribution in [0.4, 0.5) is 11.6 Å². The predicted molar refractivity (Wildman–Crippen MR) is 130 cm³/mol. The van der Waals surface area contributed by atoms with E-state index in [0.717, 1.165) is 5.56 Å².